The molecule has 0 bridgehead atoms. The summed E-state index contributed by atoms with van der Waals surface area (Å²) in [5.41, 5.74) is 0. The molecule has 2 aliphatic rings. The van der Waals surface area contributed by atoms with Crippen LogP contribution in [-0.4, -0.2) is 71.6 Å². The first-order valence-electron chi connectivity index (χ1n) is 8.02. The lowest BCUT2D eigenvalue weighted by molar-refractivity contribution is -0.151. The van der Waals surface area contributed by atoms with Gasteiger partial charge in [0.1, 0.15) is 6.04 Å². The fourth-order valence-electron chi connectivity index (χ4n) is 3.63. The van der Waals surface area contributed by atoms with Gasteiger partial charge in [0.05, 0.1) is 6.04 Å². The molecule has 2 aliphatic heterocycles. The highest BCUT2D eigenvalue weighted by Gasteiger charge is 2.39. The number of hydrogen-bond acceptors (Lipinski definition) is 4. The third-order valence-corrected chi connectivity index (χ3v) is 4.84. The summed E-state index contributed by atoms with van der Waals surface area (Å²) >= 11 is 0. The Labute approximate surface area is 126 Å². The Morgan fingerprint density at radius 2 is 2.00 bits per heavy atom. The normalized spacial score (nSPS) is 25.7. The number of likely N-dealkylation sites (tertiary alicyclic amines) is 1. The Morgan fingerprint density at radius 3 is 2.57 bits per heavy atom. The Morgan fingerprint density at radius 1 is 1.33 bits per heavy atom. The van der Waals surface area contributed by atoms with E-state index in [4.69, 9.17) is 0 Å². The highest BCUT2D eigenvalue weighted by Crippen LogP contribution is 2.26. The van der Waals surface area contributed by atoms with Gasteiger partial charge in [-0.2, -0.15) is 0 Å². The van der Waals surface area contributed by atoms with Gasteiger partial charge in [-0.15, -0.1) is 0 Å². The molecule has 0 radical (unpaired) electrons. The number of aliphatic carboxylic acids is 1. The van der Waals surface area contributed by atoms with Crippen LogP contribution in [0.15, 0.2) is 0 Å². The molecular formula is C15H27N3O3. The number of carboxylic acids is 1. The van der Waals surface area contributed by atoms with Crippen molar-refractivity contribution in [2.75, 3.05) is 26.7 Å². The van der Waals surface area contributed by atoms with E-state index in [9.17, 15) is 14.7 Å². The number of piperidine rings is 1. The van der Waals surface area contributed by atoms with E-state index >= 15 is 0 Å². The molecule has 21 heavy (non-hydrogen) atoms. The number of carboxylic acid groups (broad SMARTS) is 1. The number of likely N-dealkylation sites (N-methyl/N-ethyl adjacent to an activating group) is 1. The van der Waals surface area contributed by atoms with Crippen molar-refractivity contribution in [3.63, 3.8) is 0 Å². The first-order chi connectivity index (χ1) is 10.1. The van der Waals surface area contributed by atoms with Gasteiger partial charge in [-0.1, -0.05) is 6.92 Å². The van der Waals surface area contributed by atoms with Gasteiger partial charge in [0.15, 0.2) is 0 Å². The van der Waals surface area contributed by atoms with Crippen LogP contribution in [0.4, 0.5) is 0 Å². The number of rotatable bonds is 5. The van der Waals surface area contributed by atoms with E-state index in [1.165, 1.54) is 4.90 Å². The monoisotopic (exact) mass is 297 g/mol. The molecule has 2 unspecified atom stereocenters. The molecule has 6 heteroatoms. The van der Waals surface area contributed by atoms with Crippen molar-refractivity contribution in [3.05, 3.63) is 0 Å². The van der Waals surface area contributed by atoms with Crippen molar-refractivity contribution < 1.29 is 14.7 Å². The molecule has 0 saturated carbocycles. The van der Waals surface area contributed by atoms with E-state index in [0.717, 1.165) is 45.3 Å². The van der Waals surface area contributed by atoms with Crippen LogP contribution in [0.1, 0.15) is 39.0 Å². The predicted molar refractivity (Wildman–Crippen MR) is 80.1 cm³/mol. The average Bonchev–Trinajstić information content (AvgIpc) is 2.97. The summed E-state index contributed by atoms with van der Waals surface area (Å²) < 4.78 is 0. The molecule has 0 aromatic rings. The smallest absolute Gasteiger partial charge is 0.326 e. The molecular weight excluding hydrogens is 270 g/mol. The van der Waals surface area contributed by atoms with Crippen LogP contribution < -0.4 is 5.32 Å². The molecule has 1 amide bonds. The van der Waals surface area contributed by atoms with Gasteiger partial charge in [-0.25, -0.2) is 4.79 Å². The maximum absolute atomic E-state index is 12.7. The van der Waals surface area contributed by atoms with Crippen LogP contribution in [0.2, 0.25) is 0 Å². The van der Waals surface area contributed by atoms with E-state index in [1.807, 2.05) is 6.92 Å². The molecule has 0 aromatic carbocycles. The lowest BCUT2D eigenvalue weighted by Crippen LogP contribution is -2.53. The van der Waals surface area contributed by atoms with Gasteiger partial charge < -0.3 is 15.3 Å². The van der Waals surface area contributed by atoms with Gasteiger partial charge in [-0.3, -0.25) is 9.69 Å². The van der Waals surface area contributed by atoms with Crippen LogP contribution in [0.25, 0.3) is 0 Å². The third-order valence-electron chi connectivity index (χ3n) is 4.84. The Hall–Kier alpha value is -1.14. The zero-order chi connectivity index (χ0) is 15.4. The van der Waals surface area contributed by atoms with Crippen LogP contribution in [0.3, 0.4) is 0 Å². The number of nitrogens with zero attached hydrogens (tertiary/aromatic N) is 2. The second kappa shape index (κ2) is 7.22. The summed E-state index contributed by atoms with van der Waals surface area (Å²) in [6, 6.07) is -0.388. The number of nitrogens with one attached hydrogen (secondary N) is 1. The third kappa shape index (κ3) is 3.55. The quantitative estimate of drug-likeness (QED) is 0.774. The van der Waals surface area contributed by atoms with Crippen molar-refractivity contribution in [2.24, 2.45) is 0 Å². The first-order valence-corrected chi connectivity index (χ1v) is 8.02. The van der Waals surface area contributed by atoms with Crippen molar-refractivity contribution in [3.8, 4) is 0 Å². The fraction of sp³-hybridized carbons (Fsp3) is 0.867. The predicted octanol–water partition coefficient (Wildman–Crippen LogP) is 0.524. The fourth-order valence-corrected chi connectivity index (χ4v) is 3.63. The zero-order valence-electron chi connectivity index (χ0n) is 13.0. The van der Waals surface area contributed by atoms with E-state index in [-0.39, 0.29) is 11.9 Å². The molecule has 2 N–H and O–H groups in total. The Balaban J connectivity index is 2.04. The summed E-state index contributed by atoms with van der Waals surface area (Å²) in [4.78, 5) is 27.7. The maximum Gasteiger partial charge on any atom is 0.326 e. The topological polar surface area (TPSA) is 72.9 Å². The summed E-state index contributed by atoms with van der Waals surface area (Å²) in [7, 11) is 1.63. The Bertz CT molecular complexity index is 382. The molecule has 120 valence electrons. The molecule has 0 aromatic heterocycles. The van der Waals surface area contributed by atoms with Crippen molar-refractivity contribution in [2.45, 2.75) is 57.2 Å². The summed E-state index contributed by atoms with van der Waals surface area (Å²) in [6.45, 7) is 4.77. The van der Waals surface area contributed by atoms with Crippen LogP contribution in [0.5, 0.6) is 0 Å². The lowest BCUT2D eigenvalue weighted by atomic mass is 10.0. The summed E-state index contributed by atoms with van der Waals surface area (Å²) in [5.74, 6) is -0.944. The van der Waals surface area contributed by atoms with E-state index < -0.39 is 12.0 Å². The van der Waals surface area contributed by atoms with Gasteiger partial charge in [0, 0.05) is 13.1 Å². The number of hydrogen-bond donors (Lipinski definition) is 2. The van der Waals surface area contributed by atoms with Crippen LogP contribution in [0, 0.1) is 0 Å². The van der Waals surface area contributed by atoms with Gasteiger partial charge in [-0.05, 0) is 51.7 Å². The van der Waals surface area contributed by atoms with E-state index in [2.05, 4.69) is 10.2 Å². The molecule has 2 rings (SSSR count). The molecule has 2 saturated heterocycles. The summed E-state index contributed by atoms with van der Waals surface area (Å²) in [5, 5.41) is 12.6. The minimum absolute atomic E-state index is 0.0275. The average molecular weight is 297 g/mol. The highest BCUT2D eigenvalue weighted by atomic mass is 16.4. The zero-order valence-corrected chi connectivity index (χ0v) is 13.0. The number of amides is 1. The van der Waals surface area contributed by atoms with Crippen molar-refractivity contribution in [1.82, 2.24) is 15.1 Å². The largest absolute Gasteiger partial charge is 0.480 e. The van der Waals surface area contributed by atoms with E-state index in [1.54, 1.807) is 7.05 Å². The Kier molecular flexibility index (Phi) is 5.58. The van der Waals surface area contributed by atoms with Gasteiger partial charge in [0.2, 0.25) is 5.91 Å². The molecule has 2 heterocycles. The second-order valence-corrected chi connectivity index (χ2v) is 6.09. The summed E-state index contributed by atoms with van der Waals surface area (Å²) in [6.07, 6.45) is 4.46. The van der Waals surface area contributed by atoms with Gasteiger partial charge >= 0.3 is 5.97 Å². The first kappa shape index (κ1) is 16.2. The standard InChI is InChI=1S/C15H27N3O3/c1-3-12(15(20)21)17(2)14(19)13-5-4-10-18(13)11-6-8-16-9-7-11/h11-13,16H,3-10H2,1-2H3,(H,20,21). The highest BCUT2D eigenvalue weighted by molar-refractivity contribution is 5.87. The number of carbonyl (C=O) groups excluding carboxylic acids is 1. The molecule has 0 spiro atoms. The second-order valence-electron chi connectivity index (χ2n) is 6.09. The minimum atomic E-state index is -0.917. The molecule has 2 fully saturated rings. The van der Waals surface area contributed by atoms with Crippen LogP contribution in [-0.2, 0) is 9.59 Å². The van der Waals surface area contributed by atoms with Crippen molar-refractivity contribution in [1.29, 1.82) is 0 Å². The van der Waals surface area contributed by atoms with Crippen molar-refractivity contribution >= 4 is 11.9 Å². The molecule has 0 aliphatic carbocycles. The van der Waals surface area contributed by atoms with Crippen LogP contribution >= 0.6 is 0 Å². The van der Waals surface area contributed by atoms with E-state index in [0.29, 0.717) is 12.5 Å². The minimum Gasteiger partial charge on any atom is -0.480 e. The molecule has 2 atom stereocenters. The molecule has 6 nitrogen and oxygen atoms in total. The SMILES string of the molecule is CCC(C(=O)O)N(C)C(=O)C1CCCN1C1CCNCC1. The van der Waals surface area contributed by atoms with Gasteiger partial charge in [0.25, 0.3) is 0 Å². The number of carbonyl (C=O) groups is 2. The maximum atomic E-state index is 12.7. The lowest BCUT2D eigenvalue weighted by Gasteiger charge is -2.37.